The molecular formula is C39H37N3O6S. The van der Waals surface area contributed by atoms with Crippen LogP contribution in [0.15, 0.2) is 126 Å². The van der Waals surface area contributed by atoms with Crippen molar-refractivity contribution < 1.29 is 29.3 Å². The molecule has 0 spiro atoms. The molecule has 6 rings (SSSR count). The van der Waals surface area contributed by atoms with E-state index in [-0.39, 0.29) is 30.4 Å². The van der Waals surface area contributed by atoms with Gasteiger partial charge in [-0.3, -0.25) is 0 Å². The minimum Gasteiger partial charge on any atom is -0.478 e. The van der Waals surface area contributed by atoms with Gasteiger partial charge in [-0.2, -0.15) is 0 Å². The quantitative estimate of drug-likeness (QED) is 0.102. The summed E-state index contributed by atoms with van der Waals surface area (Å²) >= 11 is 1.35. The van der Waals surface area contributed by atoms with Gasteiger partial charge >= 0.3 is 12.0 Å². The third kappa shape index (κ3) is 9.13. The van der Waals surface area contributed by atoms with Crippen LogP contribution in [0.4, 0.5) is 4.79 Å². The van der Waals surface area contributed by atoms with Crippen molar-refractivity contribution in [1.82, 2.24) is 15.6 Å². The molecular weight excluding hydrogens is 639 g/mol. The van der Waals surface area contributed by atoms with Crippen LogP contribution in [-0.4, -0.2) is 39.1 Å². The molecule has 2 amide bonds. The van der Waals surface area contributed by atoms with Gasteiger partial charge in [0.1, 0.15) is 5.03 Å². The van der Waals surface area contributed by atoms with Crippen LogP contribution in [0.1, 0.15) is 57.0 Å². The topological polar surface area (TPSA) is 130 Å². The van der Waals surface area contributed by atoms with Crippen LogP contribution in [-0.2, 0) is 29.2 Å². The predicted octanol–water partition coefficient (Wildman–Crippen LogP) is 7.28. The lowest BCUT2D eigenvalue weighted by Gasteiger charge is -2.36. The first-order valence-electron chi connectivity index (χ1n) is 16.0. The average Bonchev–Trinajstić information content (AvgIpc) is 3.16. The van der Waals surface area contributed by atoms with Crippen molar-refractivity contribution in [2.24, 2.45) is 0 Å². The molecule has 2 heterocycles. The van der Waals surface area contributed by atoms with Gasteiger partial charge in [-0.15, -0.1) is 11.8 Å². The van der Waals surface area contributed by atoms with Gasteiger partial charge in [0.15, 0.2) is 6.29 Å². The lowest BCUT2D eigenvalue weighted by Crippen LogP contribution is -2.34. The first-order valence-corrected chi connectivity index (χ1v) is 17.0. The van der Waals surface area contributed by atoms with E-state index < -0.39 is 12.3 Å². The summed E-state index contributed by atoms with van der Waals surface area (Å²) in [4.78, 5) is 28.5. The van der Waals surface area contributed by atoms with Crippen molar-refractivity contribution >= 4 is 23.8 Å². The molecule has 9 nitrogen and oxygen atoms in total. The fraction of sp³-hybridized carbons (Fsp3) is 0.205. The van der Waals surface area contributed by atoms with Crippen molar-refractivity contribution in [3.05, 3.63) is 155 Å². The summed E-state index contributed by atoms with van der Waals surface area (Å²) in [5, 5.41) is 25.4. The number of aliphatic hydroxyl groups excluding tert-OH is 1. The van der Waals surface area contributed by atoms with Crippen molar-refractivity contribution in [2.45, 2.75) is 49.6 Å². The number of aromatic carboxylic acids is 1. The van der Waals surface area contributed by atoms with Gasteiger partial charge in [0, 0.05) is 37.0 Å². The molecule has 1 saturated heterocycles. The van der Waals surface area contributed by atoms with Crippen molar-refractivity contribution in [2.75, 3.05) is 5.75 Å². The number of pyridine rings is 1. The van der Waals surface area contributed by atoms with Crippen LogP contribution in [0.5, 0.6) is 0 Å². The molecule has 3 atom stereocenters. The molecule has 4 aromatic carbocycles. The number of benzene rings is 4. The van der Waals surface area contributed by atoms with E-state index in [4.69, 9.17) is 9.47 Å². The second kappa shape index (κ2) is 16.4. The van der Waals surface area contributed by atoms with Crippen LogP contribution >= 0.6 is 11.8 Å². The third-order valence-electron chi connectivity index (χ3n) is 8.19. The Labute approximate surface area is 289 Å². The van der Waals surface area contributed by atoms with E-state index in [0.29, 0.717) is 30.3 Å². The summed E-state index contributed by atoms with van der Waals surface area (Å²) in [6.45, 7) is 0.781. The second-order valence-electron chi connectivity index (χ2n) is 11.7. The Morgan fingerprint density at radius 2 is 1.47 bits per heavy atom. The second-order valence-corrected chi connectivity index (χ2v) is 12.7. The number of aromatic nitrogens is 1. The molecule has 0 radical (unpaired) electrons. The number of nitrogens with one attached hydrogen (secondary N) is 2. The van der Waals surface area contributed by atoms with Gasteiger partial charge in [-0.1, -0.05) is 91.0 Å². The Bertz CT molecular complexity index is 1870. The summed E-state index contributed by atoms with van der Waals surface area (Å²) in [7, 11) is 0. The highest BCUT2D eigenvalue weighted by Crippen LogP contribution is 2.40. The first-order chi connectivity index (χ1) is 23.9. The van der Waals surface area contributed by atoms with Crippen LogP contribution in [0.25, 0.3) is 11.1 Å². The Hall–Kier alpha value is -5.00. The van der Waals surface area contributed by atoms with Gasteiger partial charge in [0.2, 0.25) is 0 Å². The zero-order chi connectivity index (χ0) is 34.0. The molecule has 0 unspecified atom stereocenters. The van der Waals surface area contributed by atoms with E-state index in [0.717, 1.165) is 38.9 Å². The number of ether oxygens (including phenoxy) is 2. The lowest BCUT2D eigenvalue weighted by molar-refractivity contribution is -0.245. The van der Waals surface area contributed by atoms with Crippen LogP contribution in [0.3, 0.4) is 0 Å². The van der Waals surface area contributed by atoms with E-state index >= 15 is 0 Å². The number of urea groups is 1. The molecule has 1 aliphatic heterocycles. The van der Waals surface area contributed by atoms with E-state index in [2.05, 4.69) is 21.7 Å². The maximum atomic E-state index is 12.4. The van der Waals surface area contributed by atoms with E-state index in [1.54, 1.807) is 18.3 Å². The molecule has 1 fully saturated rings. The molecule has 5 aromatic rings. The van der Waals surface area contributed by atoms with Crippen molar-refractivity contribution in [1.29, 1.82) is 0 Å². The normalized spacial score (nSPS) is 17.3. The Morgan fingerprint density at radius 1 is 0.755 bits per heavy atom. The van der Waals surface area contributed by atoms with Gasteiger partial charge < -0.3 is 30.3 Å². The van der Waals surface area contributed by atoms with Gasteiger partial charge in [-0.25, -0.2) is 14.6 Å². The van der Waals surface area contributed by atoms with E-state index in [1.807, 2.05) is 97.1 Å². The Balaban J connectivity index is 1.17. The summed E-state index contributed by atoms with van der Waals surface area (Å²) < 4.78 is 13.1. The van der Waals surface area contributed by atoms with Crippen LogP contribution < -0.4 is 10.6 Å². The zero-order valence-electron chi connectivity index (χ0n) is 26.7. The number of carbonyl (C=O) groups is 2. The smallest absolute Gasteiger partial charge is 0.338 e. The van der Waals surface area contributed by atoms with Gasteiger partial charge in [0.25, 0.3) is 0 Å². The third-order valence-corrected chi connectivity index (χ3v) is 9.33. The zero-order valence-corrected chi connectivity index (χ0v) is 27.5. The number of rotatable bonds is 12. The summed E-state index contributed by atoms with van der Waals surface area (Å²) in [6.07, 6.45) is 0.922. The molecule has 0 saturated carbocycles. The van der Waals surface area contributed by atoms with Crippen molar-refractivity contribution in [3.63, 3.8) is 0 Å². The molecule has 10 heteroatoms. The number of thioether (sulfide) groups is 1. The molecule has 0 aliphatic carbocycles. The summed E-state index contributed by atoms with van der Waals surface area (Å²) in [5.74, 6) is -0.540. The number of hydrogen-bond donors (Lipinski definition) is 4. The maximum Gasteiger partial charge on any atom is 0.338 e. The molecule has 4 N–H and O–H groups in total. The Morgan fingerprint density at radius 3 is 2.22 bits per heavy atom. The number of nitrogens with zero attached hydrogens (tertiary/aromatic N) is 1. The minimum atomic E-state index is -1.02. The molecule has 0 bridgehead atoms. The number of carbonyl (C=O) groups excluding carboxylic acids is 1. The van der Waals surface area contributed by atoms with Crippen LogP contribution in [0.2, 0.25) is 0 Å². The predicted molar refractivity (Wildman–Crippen MR) is 188 cm³/mol. The highest BCUT2D eigenvalue weighted by Gasteiger charge is 2.33. The summed E-state index contributed by atoms with van der Waals surface area (Å²) in [6, 6.07) is 36.4. The van der Waals surface area contributed by atoms with E-state index in [9.17, 15) is 19.8 Å². The summed E-state index contributed by atoms with van der Waals surface area (Å²) in [5.41, 5.74) is 6.73. The number of carboxylic acids is 1. The first kappa shape index (κ1) is 33.9. The Kier molecular flexibility index (Phi) is 11.3. The maximum absolute atomic E-state index is 12.4. The number of aliphatic hydroxyl groups is 1. The number of carboxylic acid groups (broad SMARTS) is 1. The highest BCUT2D eigenvalue weighted by atomic mass is 32.2. The lowest BCUT2D eigenvalue weighted by atomic mass is 9.99. The fourth-order valence-corrected chi connectivity index (χ4v) is 6.62. The fourth-order valence-electron chi connectivity index (χ4n) is 5.61. The SMILES string of the molecule is O=C(NCc1ccccc1)NCc1cccc(-c2cccc([C@H]3O[C@@H](CSc4ncccc4C(=O)O)C[C@@H](c4ccc(CO)cc4)O3)c2)c1. The minimum absolute atomic E-state index is 0.0434. The monoisotopic (exact) mass is 675 g/mol. The van der Waals surface area contributed by atoms with Gasteiger partial charge in [-0.05, 0) is 57.6 Å². The highest BCUT2D eigenvalue weighted by molar-refractivity contribution is 7.99. The van der Waals surface area contributed by atoms with E-state index in [1.165, 1.54) is 11.8 Å². The molecule has 49 heavy (non-hydrogen) atoms. The molecule has 250 valence electrons. The van der Waals surface area contributed by atoms with Crippen molar-refractivity contribution in [3.8, 4) is 11.1 Å². The number of amides is 2. The standard InChI is InChI=1S/C39H37N3O6S/c43-24-27-14-16-29(17-15-27)35-21-33(25-49-36-34(37(44)45)13-6-18-40-36)47-38(48-35)32-12-5-11-31(20-32)30-10-4-9-28(19-30)23-42-39(46)41-22-26-7-2-1-3-8-26/h1-20,33,35,38,43H,21-25H2,(H,44,45)(H2,41,42,46)/t33-,35+,38+/m1/s1. The molecule has 1 aliphatic rings. The largest absolute Gasteiger partial charge is 0.478 e. The van der Waals surface area contributed by atoms with Gasteiger partial charge in [0.05, 0.1) is 24.4 Å². The van der Waals surface area contributed by atoms with Crippen LogP contribution in [0, 0.1) is 0 Å². The number of hydrogen-bond acceptors (Lipinski definition) is 7. The molecule has 1 aromatic heterocycles. The average molecular weight is 676 g/mol.